The summed E-state index contributed by atoms with van der Waals surface area (Å²) >= 11 is 11.6. The third kappa shape index (κ3) is 5.47. The maximum atomic E-state index is 5.92. The molecule has 105 valence electrons. The van der Waals surface area contributed by atoms with Crippen molar-refractivity contribution in [3.05, 3.63) is 35.9 Å². The number of halogens is 2. The van der Waals surface area contributed by atoms with Gasteiger partial charge in [-0.05, 0) is 49.6 Å². The van der Waals surface area contributed by atoms with Crippen molar-refractivity contribution in [1.82, 2.24) is 0 Å². The smallest absolute Gasteiger partial charge is 0.273 e. The van der Waals surface area contributed by atoms with E-state index in [0.717, 1.165) is 25.0 Å². The molecule has 0 saturated heterocycles. The zero-order valence-electron chi connectivity index (χ0n) is 11.2. The first-order valence-electron chi connectivity index (χ1n) is 7.09. The number of hydrogen-bond donors (Lipinski definition) is 0. The SMILES string of the molecule is Cl[Si](Cl)CCCOC1CCC(c2ccccc2)CC1. The number of hydrogen-bond acceptors (Lipinski definition) is 1. The van der Waals surface area contributed by atoms with E-state index in [9.17, 15) is 0 Å². The van der Waals surface area contributed by atoms with Crippen molar-refractivity contribution in [2.45, 2.75) is 50.2 Å². The Balaban J connectivity index is 1.65. The van der Waals surface area contributed by atoms with Gasteiger partial charge in [0.25, 0.3) is 7.42 Å². The molecule has 1 nitrogen and oxygen atoms in total. The molecule has 4 heteroatoms. The van der Waals surface area contributed by atoms with E-state index < -0.39 is 7.42 Å². The Kier molecular flexibility index (Phi) is 6.72. The molecule has 1 radical (unpaired) electrons. The minimum atomic E-state index is -1.12. The Morgan fingerprint density at radius 1 is 1.05 bits per heavy atom. The van der Waals surface area contributed by atoms with Crippen molar-refractivity contribution in [3.63, 3.8) is 0 Å². The second-order valence-electron chi connectivity index (χ2n) is 5.20. The van der Waals surface area contributed by atoms with Crippen LogP contribution >= 0.6 is 22.2 Å². The molecule has 0 N–H and O–H groups in total. The van der Waals surface area contributed by atoms with E-state index in [2.05, 4.69) is 30.3 Å². The highest BCUT2D eigenvalue weighted by Crippen LogP contribution is 2.33. The maximum absolute atomic E-state index is 5.92. The predicted molar refractivity (Wildman–Crippen MR) is 84.3 cm³/mol. The van der Waals surface area contributed by atoms with Gasteiger partial charge in [0.15, 0.2) is 0 Å². The normalized spacial score (nSPS) is 23.7. The highest BCUT2D eigenvalue weighted by Gasteiger charge is 2.22. The number of ether oxygens (including phenoxy) is 1. The molecule has 0 amide bonds. The fourth-order valence-corrected chi connectivity index (χ4v) is 3.96. The monoisotopic (exact) mass is 315 g/mol. The first-order chi connectivity index (χ1) is 9.25. The zero-order valence-corrected chi connectivity index (χ0v) is 13.7. The molecule has 1 saturated carbocycles. The van der Waals surface area contributed by atoms with Crippen molar-refractivity contribution in [3.8, 4) is 0 Å². The minimum absolute atomic E-state index is 0.446. The standard InChI is InChI=1S/C15H21Cl2OSi/c16-19(17)12-4-11-18-15-9-7-14(8-10-15)13-5-2-1-3-6-13/h1-3,5-6,14-15H,4,7-12H2. The molecule has 0 spiro atoms. The van der Waals surface area contributed by atoms with Crippen molar-refractivity contribution < 1.29 is 4.74 Å². The minimum Gasteiger partial charge on any atom is -0.378 e. The van der Waals surface area contributed by atoms with Gasteiger partial charge in [-0.25, -0.2) is 0 Å². The van der Waals surface area contributed by atoms with Gasteiger partial charge in [0.2, 0.25) is 0 Å². The molecule has 1 aliphatic rings. The van der Waals surface area contributed by atoms with Crippen LogP contribution in [0, 0.1) is 0 Å². The van der Waals surface area contributed by atoms with E-state index in [-0.39, 0.29) is 0 Å². The maximum Gasteiger partial charge on any atom is 0.273 e. The third-order valence-electron chi connectivity index (χ3n) is 3.81. The van der Waals surface area contributed by atoms with Crippen LogP contribution in [0.2, 0.25) is 6.04 Å². The highest BCUT2D eigenvalue weighted by atomic mass is 35.7. The summed E-state index contributed by atoms with van der Waals surface area (Å²) in [4.78, 5) is 0. The van der Waals surface area contributed by atoms with Gasteiger partial charge in [0.1, 0.15) is 0 Å². The van der Waals surface area contributed by atoms with E-state index in [1.807, 2.05) is 0 Å². The van der Waals surface area contributed by atoms with Crippen molar-refractivity contribution >= 4 is 29.6 Å². The molecule has 2 rings (SSSR count). The summed E-state index contributed by atoms with van der Waals surface area (Å²) < 4.78 is 5.92. The molecule has 0 aliphatic heterocycles. The van der Waals surface area contributed by atoms with Crippen LogP contribution in [-0.2, 0) is 4.74 Å². The van der Waals surface area contributed by atoms with Gasteiger partial charge in [-0.3, -0.25) is 0 Å². The Bertz CT molecular complexity index is 350. The molecule has 1 aromatic carbocycles. The van der Waals surface area contributed by atoms with Crippen molar-refractivity contribution in [1.29, 1.82) is 0 Å². The van der Waals surface area contributed by atoms with Crippen molar-refractivity contribution in [2.24, 2.45) is 0 Å². The Morgan fingerprint density at radius 2 is 1.74 bits per heavy atom. The van der Waals surface area contributed by atoms with Gasteiger partial charge in [0, 0.05) is 6.61 Å². The van der Waals surface area contributed by atoms with E-state index >= 15 is 0 Å². The molecule has 1 aliphatic carbocycles. The fourth-order valence-electron chi connectivity index (χ4n) is 2.74. The molecule has 0 bridgehead atoms. The lowest BCUT2D eigenvalue weighted by molar-refractivity contribution is 0.0251. The molecule has 19 heavy (non-hydrogen) atoms. The molecule has 0 aromatic heterocycles. The van der Waals surface area contributed by atoms with Gasteiger partial charge in [-0.2, -0.15) is 0 Å². The van der Waals surface area contributed by atoms with Crippen molar-refractivity contribution in [2.75, 3.05) is 6.61 Å². The Morgan fingerprint density at radius 3 is 2.37 bits per heavy atom. The van der Waals surface area contributed by atoms with Crippen LogP contribution in [0.25, 0.3) is 0 Å². The first kappa shape index (κ1) is 15.4. The van der Waals surface area contributed by atoms with Gasteiger partial charge >= 0.3 is 0 Å². The second kappa shape index (κ2) is 8.31. The average molecular weight is 316 g/mol. The van der Waals surface area contributed by atoms with Gasteiger partial charge in [-0.1, -0.05) is 30.3 Å². The van der Waals surface area contributed by atoms with E-state index in [4.69, 9.17) is 26.9 Å². The van der Waals surface area contributed by atoms with Crippen LogP contribution in [0.5, 0.6) is 0 Å². The highest BCUT2D eigenvalue weighted by molar-refractivity contribution is 7.33. The van der Waals surface area contributed by atoms with Crippen LogP contribution in [0.1, 0.15) is 43.6 Å². The average Bonchev–Trinajstić information content (AvgIpc) is 2.45. The van der Waals surface area contributed by atoms with Gasteiger partial charge in [-0.15, -0.1) is 22.2 Å². The van der Waals surface area contributed by atoms with E-state index in [1.54, 1.807) is 0 Å². The summed E-state index contributed by atoms with van der Waals surface area (Å²) in [5.41, 5.74) is 1.48. The summed E-state index contributed by atoms with van der Waals surface area (Å²) in [5.74, 6) is 0.724. The lowest BCUT2D eigenvalue weighted by atomic mass is 9.83. The van der Waals surface area contributed by atoms with Crippen LogP contribution in [0.15, 0.2) is 30.3 Å². The summed E-state index contributed by atoms with van der Waals surface area (Å²) in [6, 6.07) is 11.8. The predicted octanol–water partition coefficient (Wildman–Crippen LogP) is 5.09. The fraction of sp³-hybridized carbons (Fsp3) is 0.600. The molecule has 0 heterocycles. The molecular formula is C15H21Cl2OSi. The molecular weight excluding hydrogens is 295 g/mol. The van der Waals surface area contributed by atoms with Gasteiger partial charge < -0.3 is 4.74 Å². The van der Waals surface area contributed by atoms with Crippen LogP contribution in [-0.4, -0.2) is 20.1 Å². The quantitative estimate of drug-likeness (QED) is 0.404. The second-order valence-corrected chi connectivity index (χ2v) is 9.69. The molecule has 1 aromatic rings. The lowest BCUT2D eigenvalue weighted by Gasteiger charge is -2.28. The topological polar surface area (TPSA) is 9.23 Å². The third-order valence-corrected chi connectivity index (χ3v) is 5.67. The summed E-state index contributed by atoms with van der Waals surface area (Å²) in [7, 11) is -1.12. The largest absolute Gasteiger partial charge is 0.378 e. The van der Waals surface area contributed by atoms with Crippen LogP contribution in [0.4, 0.5) is 0 Å². The summed E-state index contributed by atoms with van der Waals surface area (Å²) in [6.07, 6.45) is 6.29. The van der Waals surface area contributed by atoms with Gasteiger partial charge in [0.05, 0.1) is 6.10 Å². The van der Waals surface area contributed by atoms with E-state index in [1.165, 1.54) is 31.2 Å². The van der Waals surface area contributed by atoms with Crippen LogP contribution in [0.3, 0.4) is 0 Å². The van der Waals surface area contributed by atoms with Crippen LogP contribution < -0.4 is 0 Å². The van der Waals surface area contributed by atoms with E-state index in [0.29, 0.717) is 6.10 Å². The first-order valence-corrected chi connectivity index (χ1v) is 10.8. The number of rotatable bonds is 6. The zero-order chi connectivity index (χ0) is 13.5. The molecule has 0 unspecified atom stereocenters. The summed E-state index contributed by atoms with van der Waals surface area (Å²) in [5, 5.41) is 0. The number of benzene rings is 1. The summed E-state index contributed by atoms with van der Waals surface area (Å²) in [6.45, 7) is 0.814. The molecule has 0 atom stereocenters. The lowest BCUT2D eigenvalue weighted by Crippen LogP contribution is -2.21. The Hall–Kier alpha value is -0.0231. The Labute approximate surface area is 127 Å². The molecule has 1 fully saturated rings.